The summed E-state index contributed by atoms with van der Waals surface area (Å²) in [6.07, 6.45) is 38.8. The molecule has 0 aromatic heterocycles. The molecule has 270 valence electrons. The predicted octanol–water partition coefficient (Wildman–Crippen LogP) is 10.9. The fourth-order valence-corrected chi connectivity index (χ4v) is 5.05. The Bertz CT molecular complexity index is 869. The van der Waals surface area contributed by atoms with E-state index in [1.165, 1.54) is 89.5 Å². The molecule has 0 aromatic carbocycles. The lowest BCUT2D eigenvalue weighted by Gasteiger charge is -2.12. The van der Waals surface area contributed by atoms with E-state index in [1.807, 2.05) is 12.2 Å². The van der Waals surface area contributed by atoms with Gasteiger partial charge in [-0.2, -0.15) is 0 Å². The monoisotopic (exact) mass is 659 g/mol. The van der Waals surface area contributed by atoms with Crippen LogP contribution in [0, 0.1) is 5.92 Å². The van der Waals surface area contributed by atoms with Crippen molar-refractivity contribution in [2.45, 2.75) is 175 Å². The number of ketones is 1. The first-order chi connectivity index (χ1) is 22.8. The average Bonchev–Trinajstić information content (AvgIpc) is 3.04. The Kier molecular flexibility index (Phi) is 33.0. The van der Waals surface area contributed by atoms with E-state index in [2.05, 4.69) is 45.1 Å². The SMILES string of the molecule is CCCCC/C=C\C/C=C\C/C=C\C=C\C(=O)CCCC(=O)OC[C@@H](O)COC(=O)CCCCCCCCCCCCCCC(C)C. The van der Waals surface area contributed by atoms with Crippen LogP contribution in [0.25, 0.3) is 0 Å². The molecule has 0 spiro atoms. The van der Waals surface area contributed by atoms with Crippen LogP contribution in [0.1, 0.15) is 168 Å². The Morgan fingerprint density at radius 3 is 1.66 bits per heavy atom. The molecule has 6 heteroatoms. The van der Waals surface area contributed by atoms with E-state index >= 15 is 0 Å². The third-order valence-corrected chi connectivity index (χ3v) is 7.97. The molecule has 0 aliphatic rings. The van der Waals surface area contributed by atoms with Crippen molar-refractivity contribution < 1.29 is 29.0 Å². The number of hydrogen-bond donors (Lipinski definition) is 1. The van der Waals surface area contributed by atoms with Gasteiger partial charge in [-0.25, -0.2) is 0 Å². The number of ether oxygens (including phenoxy) is 2. The number of esters is 2. The number of aliphatic hydroxyl groups excluding tert-OH is 1. The Morgan fingerprint density at radius 2 is 1.09 bits per heavy atom. The summed E-state index contributed by atoms with van der Waals surface area (Å²) in [7, 11) is 0. The first-order valence-corrected chi connectivity index (χ1v) is 19.0. The van der Waals surface area contributed by atoms with Crippen LogP contribution in [-0.2, 0) is 23.9 Å². The van der Waals surface area contributed by atoms with Crippen molar-refractivity contribution in [3.63, 3.8) is 0 Å². The molecule has 1 atom stereocenters. The van der Waals surface area contributed by atoms with Crippen molar-refractivity contribution >= 4 is 17.7 Å². The molecule has 0 fully saturated rings. The molecule has 0 unspecified atom stereocenters. The Morgan fingerprint density at radius 1 is 0.574 bits per heavy atom. The summed E-state index contributed by atoms with van der Waals surface area (Å²) in [5.74, 6) is -0.0301. The number of rotatable bonds is 33. The normalized spacial score (nSPS) is 12.7. The molecule has 0 aliphatic carbocycles. The minimum absolute atomic E-state index is 0.0493. The van der Waals surface area contributed by atoms with E-state index in [1.54, 1.807) is 6.08 Å². The molecule has 0 aliphatic heterocycles. The number of allylic oxidation sites excluding steroid dienone is 8. The standard InChI is InChI=1S/C41H70O6/c1-4-5-6-7-8-9-10-11-15-18-21-24-27-31-38(42)32-29-34-41(45)47-36-39(43)35-46-40(44)33-28-25-22-19-16-13-12-14-17-20-23-26-30-37(2)3/h8-9,11,15,21,24,27,31,37,39,43H,4-7,10,12-14,16-20,22-23,25-26,28-30,32-36H2,1-3H3/b9-8-,15-11-,24-21-,31-27+/t39-/m0/s1. The summed E-state index contributed by atoms with van der Waals surface area (Å²) in [6.45, 7) is 6.39. The van der Waals surface area contributed by atoms with E-state index in [0.29, 0.717) is 12.8 Å². The molecular weight excluding hydrogens is 588 g/mol. The van der Waals surface area contributed by atoms with Gasteiger partial charge >= 0.3 is 11.9 Å². The van der Waals surface area contributed by atoms with Crippen LogP contribution < -0.4 is 0 Å². The number of hydrogen-bond acceptors (Lipinski definition) is 6. The third kappa shape index (κ3) is 36.2. The fraction of sp³-hybridized carbons (Fsp3) is 0.732. The number of unbranched alkanes of at least 4 members (excludes halogenated alkanes) is 14. The molecule has 47 heavy (non-hydrogen) atoms. The van der Waals surface area contributed by atoms with Gasteiger partial charge in [0.2, 0.25) is 0 Å². The van der Waals surface area contributed by atoms with Crippen molar-refractivity contribution in [3.8, 4) is 0 Å². The molecule has 6 nitrogen and oxygen atoms in total. The summed E-state index contributed by atoms with van der Waals surface area (Å²) >= 11 is 0. The lowest BCUT2D eigenvalue weighted by molar-refractivity contribution is -0.152. The summed E-state index contributed by atoms with van der Waals surface area (Å²) in [6, 6.07) is 0. The highest BCUT2D eigenvalue weighted by Gasteiger charge is 2.12. The van der Waals surface area contributed by atoms with E-state index in [0.717, 1.165) is 44.4 Å². The van der Waals surface area contributed by atoms with Crippen molar-refractivity contribution in [2.24, 2.45) is 5.92 Å². The average molecular weight is 659 g/mol. The Labute approximate surface area is 288 Å². The van der Waals surface area contributed by atoms with E-state index in [4.69, 9.17) is 9.47 Å². The van der Waals surface area contributed by atoms with Crippen molar-refractivity contribution in [1.82, 2.24) is 0 Å². The van der Waals surface area contributed by atoms with Gasteiger partial charge in [0.05, 0.1) is 0 Å². The van der Waals surface area contributed by atoms with Crippen LogP contribution in [0.5, 0.6) is 0 Å². The zero-order chi connectivity index (χ0) is 34.6. The first kappa shape index (κ1) is 44.5. The van der Waals surface area contributed by atoms with E-state index < -0.39 is 12.1 Å². The van der Waals surface area contributed by atoms with Gasteiger partial charge in [-0.1, -0.05) is 153 Å². The summed E-state index contributed by atoms with van der Waals surface area (Å²) in [5.41, 5.74) is 0. The van der Waals surface area contributed by atoms with Crippen LogP contribution in [0.3, 0.4) is 0 Å². The van der Waals surface area contributed by atoms with Gasteiger partial charge in [-0.3, -0.25) is 14.4 Å². The molecule has 0 saturated heterocycles. The number of carbonyl (C=O) groups excluding carboxylic acids is 3. The Balaban J connectivity index is 3.64. The van der Waals surface area contributed by atoms with Crippen LogP contribution >= 0.6 is 0 Å². The van der Waals surface area contributed by atoms with Gasteiger partial charge in [0.15, 0.2) is 5.78 Å². The molecule has 0 heterocycles. The summed E-state index contributed by atoms with van der Waals surface area (Å²) in [4.78, 5) is 35.9. The summed E-state index contributed by atoms with van der Waals surface area (Å²) in [5, 5.41) is 9.98. The summed E-state index contributed by atoms with van der Waals surface area (Å²) < 4.78 is 10.2. The second-order valence-electron chi connectivity index (χ2n) is 13.2. The van der Waals surface area contributed by atoms with Crippen LogP contribution in [0.2, 0.25) is 0 Å². The van der Waals surface area contributed by atoms with Crippen LogP contribution in [-0.4, -0.2) is 42.1 Å². The smallest absolute Gasteiger partial charge is 0.305 e. The van der Waals surface area contributed by atoms with Crippen molar-refractivity contribution in [1.29, 1.82) is 0 Å². The second kappa shape index (κ2) is 34.9. The van der Waals surface area contributed by atoms with Gasteiger partial charge in [-0.05, 0) is 50.5 Å². The molecule has 0 radical (unpaired) electrons. The maximum atomic E-state index is 12.0. The van der Waals surface area contributed by atoms with Crippen LogP contribution in [0.4, 0.5) is 0 Å². The second-order valence-corrected chi connectivity index (χ2v) is 13.2. The van der Waals surface area contributed by atoms with Gasteiger partial charge < -0.3 is 14.6 Å². The highest BCUT2D eigenvalue weighted by atomic mass is 16.6. The van der Waals surface area contributed by atoms with Crippen LogP contribution in [0.15, 0.2) is 48.6 Å². The largest absolute Gasteiger partial charge is 0.463 e. The molecule has 0 aromatic rings. The Hall–Kier alpha value is -2.47. The van der Waals surface area contributed by atoms with Crippen molar-refractivity contribution in [2.75, 3.05) is 13.2 Å². The lowest BCUT2D eigenvalue weighted by Crippen LogP contribution is -2.25. The molecule has 0 bridgehead atoms. The zero-order valence-corrected chi connectivity index (χ0v) is 30.4. The third-order valence-electron chi connectivity index (χ3n) is 7.97. The fourth-order valence-electron chi connectivity index (χ4n) is 5.05. The minimum atomic E-state index is -1.05. The topological polar surface area (TPSA) is 89.9 Å². The van der Waals surface area contributed by atoms with Crippen molar-refractivity contribution in [3.05, 3.63) is 48.6 Å². The predicted molar refractivity (Wildman–Crippen MR) is 196 cm³/mol. The molecule has 1 N–H and O–H groups in total. The van der Waals surface area contributed by atoms with Gasteiger partial charge in [0.1, 0.15) is 19.3 Å². The van der Waals surface area contributed by atoms with Gasteiger partial charge in [0, 0.05) is 19.3 Å². The lowest BCUT2D eigenvalue weighted by atomic mass is 10.0. The van der Waals surface area contributed by atoms with E-state index in [-0.39, 0.29) is 37.8 Å². The highest BCUT2D eigenvalue weighted by molar-refractivity contribution is 5.90. The highest BCUT2D eigenvalue weighted by Crippen LogP contribution is 2.14. The molecular formula is C41H70O6. The molecule has 0 saturated carbocycles. The van der Waals surface area contributed by atoms with E-state index in [9.17, 15) is 19.5 Å². The maximum absolute atomic E-state index is 12.0. The zero-order valence-electron chi connectivity index (χ0n) is 30.4. The maximum Gasteiger partial charge on any atom is 0.305 e. The minimum Gasteiger partial charge on any atom is -0.463 e. The van der Waals surface area contributed by atoms with Gasteiger partial charge in [0.25, 0.3) is 0 Å². The van der Waals surface area contributed by atoms with Gasteiger partial charge in [-0.15, -0.1) is 0 Å². The molecule has 0 rings (SSSR count). The number of aliphatic hydroxyl groups is 1. The quantitative estimate of drug-likeness (QED) is 0.0248. The first-order valence-electron chi connectivity index (χ1n) is 19.0. The molecule has 0 amide bonds. The number of carbonyl (C=O) groups is 3.